The zero-order chi connectivity index (χ0) is 14.3. The number of halogens is 1. The molecule has 0 unspecified atom stereocenters. The van der Waals surface area contributed by atoms with Gasteiger partial charge in [-0.15, -0.1) is 11.3 Å². The van der Waals surface area contributed by atoms with Gasteiger partial charge in [-0.3, -0.25) is 4.79 Å². The van der Waals surface area contributed by atoms with E-state index in [9.17, 15) is 9.59 Å². The Hall–Kier alpha value is -1.85. The van der Waals surface area contributed by atoms with E-state index in [1.165, 1.54) is 11.3 Å². The largest absolute Gasteiger partial charge is 0.478 e. The van der Waals surface area contributed by atoms with Crippen molar-refractivity contribution in [2.45, 2.75) is 13.1 Å². The molecular formula is C14H10ClNO3S. The smallest absolute Gasteiger partial charge is 0.335 e. The second-order valence-corrected chi connectivity index (χ2v) is 5.87. The van der Waals surface area contributed by atoms with E-state index in [0.29, 0.717) is 23.0 Å². The van der Waals surface area contributed by atoms with Gasteiger partial charge in [-0.05, 0) is 34.7 Å². The van der Waals surface area contributed by atoms with Crippen molar-refractivity contribution in [2.24, 2.45) is 0 Å². The number of carbonyl (C=O) groups excluding carboxylic acids is 1. The molecule has 0 saturated heterocycles. The SMILES string of the molecule is O=C(O)c1ccc2c(c1)CN(C(=O)c1sccc1Cl)C2. The van der Waals surface area contributed by atoms with E-state index in [0.717, 1.165) is 11.1 Å². The van der Waals surface area contributed by atoms with Gasteiger partial charge < -0.3 is 10.0 Å². The maximum atomic E-state index is 12.4. The van der Waals surface area contributed by atoms with Crippen LogP contribution in [0, 0.1) is 0 Å². The predicted molar refractivity (Wildman–Crippen MR) is 76.3 cm³/mol. The monoisotopic (exact) mass is 307 g/mol. The van der Waals surface area contributed by atoms with Gasteiger partial charge in [0.25, 0.3) is 5.91 Å². The van der Waals surface area contributed by atoms with Crippen molar-refractivity contribution in [3.8, 4) is 0 Å². The van der Waals surface area contributed by atoms with Crippen molar-refractivity contribution >= 4 is 34.8 Å². The molecule has 102 valence electrons. The van der Waals surface area contributed by atoms with Crippen LogP contribution < -0.4 is 0 Å². The number of fused-ring (bicyclic) bond motifs is 1. The summed E-state index contributed by atoms with van der Waals surface area (Å²) in [5.74, 6) is -1.07. The Morgan fingerprint density at radius 2 is 1.95 bits per heavy atom. The van der Waals surface area contributed by atoms with Crippen molar-refractivity contribution in [3.63, 3.8) is 0 Å². The average Bonchev–Trinajstić information content (AvgIpc) is 3.02. The van der Waals surface area contributed by atoms with E-state index in [2.05, 4.69) is 0 Å². The molecule has 0 spiro atoms. The van der Waals surface area contributed by atoms with E-state index < -0.39 is 5.97 Å². The minimum atomic E-state index is -0.959. The number of hydrogen-bond acceptors (Lipinski definition) is 3. The summed E-state index contributed by atoms with van der Waals surface area (Å²) in [5, 5.41) is 11.2. The molecule has 4 nitrogen and oxygen atoms in total. The average molecular weight is 308 g/mol. The number of nitrogens with zero attached hydrogens (tertiary/aromatic N) is 1. The minimum Gasteiger partial charge on any atom is -0.478 e. The van der Waals surface area contributed by atoms with Crippen molar-refractivity contribution in [2.75, 3.05) is 0 Å². The minimum absolute atomic E-state index is 0.113. The van der Waals surface area contributed by atoms with Gasteiger partial charge in [-0.25, -0.2) is 4.79 Å². The van der Waals surface area contributed by atoms with E-state index in [4.69, 9.17) is 16.7 Å². The molecule has 0 bridgehead atoms. The summed E-state index contributed by atoms with van der Waals surface area (Å²) < 4.78 is 0. The van der Waals surface area contributed by atoms with Crippen molar-refractivity contribution in [1.82, 2.24) is 4.90 Å². The fourth-order valence-electron chi connectivity index (χ4n) is 2.26. The molecule has 0 aliphatic carbocycles. The molecule has 2 aromatic rings. The van der Waals surface area contributed by atoms with Gasteiger partial charge in [0.1, 0.15) is 4.88 Å². The Bertz CT molecular complexity index is 710. The Kier molecular flexibility index (Phi) is 3.23. The Morgan fingerprint density at radius 3 is 2.60 bits per heavy atom. The standard InChI is InChI=1S/C14H10ClNO3S/c15-11-3-4-20-12(11)13(17)16-6-9-2-1-8(14(18)19)5-10(9)7-16/h1-5H,6-7H2,(H,18,19). The lowest BCUT2D eigenvalue weighted by Crippen LogP contribution is -2.24. The van der Waals surface area contributed by atoms with Crippen LogP contribution in [0.15, 0.2) is 29.6 Å². The van der Waals surface area contributed by atoms with Gasteiger partial charge in [-0.2, -0.15) is 0 Å². The summed E-state index contributed by atoms with van der Waals surface area (Å²) in [6.07, 6.45) is 0. The molecule has 1 aromatic heterocycles. The van der Waals surface area contributed by atoms with E-state index in [1.54, 1.807) is 34.5 Å². The normalized spacial score (nSPS) is 13.3. The number of benzene rings is 1. The highest BCUT2D eigenvalue weighted by atomic mass is 35.5. The Labute approximate surface area is 124 Å². The molecule has 1 aliphatic rings. The fourth-order valence-corrected chi connectivity index (χ4v) is 3.36. The van der Waals surface area contributed by atoms with Crippen LogP contribution in [0.5, 0.6) is 0 Å². The molecule has 1 aliphatic heterocycles. The van der Waals surface area contributed by atoms with Crippen LogP contribution in [0.2, 0.25) is 5.02 Å². The number of rotatable bonds is 2. The molecule has 20 heavy (non-hydrogen) atoms. The Morgan fingerprint density at radius 1 is 1.20 bits per heavy atom. The molecule has 0 saturated carbocycles. The summed E-state index contributed by atoms with van der Waals surface area (Å²) in [5.41, 5.74) is 2.11. The van der Waals surface area contributed by atoms with Crippen LogP contribution in [-0.2, 0) is 13.1 Å². The van der Waals surface area contributed by atoms with Crippen LogP contribution in [-0.4, -0.2) is 21.9 Å². The van der Waals surface area contributed by atoms with E-state index in [1.807, 2.05) is 0 Å². The zero-order valence-corrected chi connectivity index (χ0v) is 11.9. The van der Waals surface area contributed by atoms with Gasteiger partial charge in [0, 0.05) is 13.1 Å². The first-order chi connectivity index (χ1) is 9.56. The van der Waals surface area contributed by atoms with Gasteiger partial charge in [0.05, 0.1) is 10.6 Å². The number of thiophene rings is 1. The van der Waals surface area contributed by atoms with Crippen LogP contribution in [0.4, 0.5) is 0 Å². The second-order valence-electron chi connectivity index (χ2n) is 4.55. The maximum Gasteiger partial charge on any atom is 0.335 e. The summed E-state index contributed by atoms with van der Waals surface area (Å²) in [4.78, 5) is 25.5. The van der Waals surface area contributed by atoms with Gasteiger partial charge >= 0.3 is 5.97 Å². The third kappa shape index (κ3) is 2.19. The lowest BCUT2D eigenvalue weighted by Gasteiger charge is -2.14. The molecule has 0 fully saturated rings. The molecule has 6 heteroatoms. The third-order valence-electron chi connectivity index (χ3n) is 3.27. The number of carbonyl (C=O) groups is 2. The summed E-state index contributed by atoms with van der Waals surface area (Å²) in [6, 6.07) is 6.65. The first kappa shape index (κ1) is 13.1. The number of amides is 1. The quantitative estimate of drug-likeness (QED) is 0.926. The first-order valence-corrected chi connectivity index (χ1v) is 7.19. The molecule has 0 atom stereocenters. The highest BCUT2D eigenvalue weighted by Crippen LogP contribution is 2.29. The maximum absolute atomic E-state index is 12.4. The van der Waals surface area contributed by atoms with E-state index >= 15 is 0 Å². The van der Waals surface area contributed by atoms with Crippen molar-refractivity contribution in [3.05, 3.63) is 56.2 Å². The van der Waals surface area contributed by atoms with Gasteiger partial charge in [0.2, 0.25) is 0 Å². The van der Waals surface area contributed by atoms with Gasteiger partial charge in [-0.1, -0.05) is 17.7 Å². The third-order valence-corrected chi connectivity index (χ3v) is 4.60. The van der Waals surface area contributed by atoms with Crippen LogP contribution in [0.25, 0.3) is 0 Å². The van der Waals surface area contributed by atoms with Crippen molar-refractivity contribution < 1.29 is 14.7 Å². The highest BCUT2D eigenvalue weighted by Gasteiger charge is 2.26. The molecule has 1 N–H and O–H groups in total. The molecular weight excluding hydrogens is 298 g/mol. The summed E-state index contributed by atoms with van der Waals surface area (Å²) >= 11 is 7.29. The zero-order valence-electron chi connectivity index (χ0n) is 10.3. The Balaban J connectivity index is 1.85. The van der Waals surface area contributed by atoms with Crippen LogP contribution in [0.3, 0.4) is 0 Å². The molecule has 2 heterocycles. The van der Waals surface area contributed by atoms with Crippen molar-refractivity contribution in [1.29, 1.82) is 0 Å². The second kappa shape index (κ2) is 4.92. The fraction of sp³-hybridized carbons (Fsp3) is 0.143. The predicted octanol–water partition coefficient (Wildman–Crippen LogP) is 3.26. The molecule has 0 radical (unpaired) electrons. The lowest BCUT2D eigenvalue weighted by molar-refractivity contribution is 0.0696. The van der Waals surface area contributed by atoms with Crippen LogP contribution in [0.1, 0.15) is 31.2 Å². The molecule has 3 rings (SSSR count). The number of carboxylic acid groups (broad SMARTS) is 1. The number of hydrogen-bond donors (Lipinski definition) is 1. The van der Waals surface area contributed by atoms with Crippen LogP contribution >= 0.6 is 22.9 Å². The number of carboxylic acids is 1. The number of aromatic carboxylic acids is 1. The highest BCUT2D eigenvalue weighted by molar-refractivity contribution is 7.12. The molecule has 1 aromatic carbocycles. The summed E-state index contributed by atoms with van der Waals surface area (Å²) in [7, 11) is 0. The van der Waals surface area contributed by atoms with E-state index in [-0.39, 0.29) is 11.5 Å². The lowest BCUT2D eigenvalue weighted by atomic mass is 10.1. The first-order valence-electron chi connectivity index (χ1n) is 5.93. The summed E-state index contributed by atoms with van der Waals surface area (Å²) in [6.45, 7) is 0.909. The topological polar surface area (TPSA) is 57.6 Å². The van der Waals surface area contributed by atoms with Gasteiger partial charge in [0.15, 0.2) is 0 Å². The molecule has 1 amide bonds.